The molecule has 0 unspecified atom stereocenters. The first-order chi connectivity index (χ1) is 15.3. The van der Waals surface area contributed by atoms with Gasteiger partial charge in [0, 0.05) is 30.9 Å². The third-order valence-electron chi connectivity index (χ3n) is 6.03. The molecule has 170 valence electrons. The lowest BCUT2D eigenvalue weighted by Gasteiger charge is -2.25. The van der Waals surface area contributed by atoms with Crippen LogP contribution in [0.5, 0.6) is 0 Å². The number of pyridine rings is 1. The number of aromatic nitrogens is 3. The van der Waals surface area contributed by atoms with Crippen LogP contribution in [0.3, 0.4) is 0 Å². The van der Waals surface area contributed by atoms with Gasteiger partial charge in [0.15, 0.2) is 5.65 Å². The summed E-state index contributed by atoms with van der Waals surface area (Å²) in [5.41, 5.74) is 0.742. The highest BCUT2D eigenvalue weighted by Gasteiger charge is 2.28. The van der Waals surface area contributed by atoms with Gasteiger partial charge < -0.3 is 9.47 Å². The van der Waals surface area contributed by atoms with Crippen molar-refractivity contribution in [2.24, 2.45) is 5.92 Å². The average molecular weight is 445 g/mol. The predicted octanol–water partition coefficient (Wildman–Crippen LogP) is 5.65. The molecule has 1 aliphatic carbocycles. The maximum atomic E-state index is 14.4. The smallest absolute Gasteiger partial charge is 0.260 e. The van der Waals surface area contributed by atoms with Crippen LogP contribution in [0.15, 0.2) is 30.5 Å². The Hall–Kier alpha value is -2.90. The van der Waals surface area contributed by atoms with E-state index in [-0.39, 0.29) is 18.5 Å². The standard InChI is InChI=1S/C24H27F3N4O/c1-15(2)9-11-30(24(32)22-18(26)12-16(25)13-19(22)27)14-21-29-20-8-5-10-28-23(20)31(21)17-6-3-4-7-17/h5,8,10,12-13,15,17H,3-4,6-7,9,11,14H2,1-2H3. The number of hydrogen-bond acceptors (Lipinski definition) is 3. The van der Waals surface area contributed by atoms with Crippen molar-refractivity contribution in [2.75, 3.05) is 6.54 Å². The molecule has 2 heterocycles. The summed E-state index contributed by atoms with van der Waals surface area (Å²) in [5.74, 6) is -3.34. The molecule has 2 aromatic heterocycles. The van der Waals surface area contributed by atoms with E-state index in [1.807, 2.05) is 26.0 Å². The highest BCUT2D eigenvalue weighted by atomic mass is 19.1. The van der Waals surface area contributed by atoms with Crippen molar-refractivity contribution in [1.82, 2.24) is 19.4 Å². The van der Waals surface area contributed by atoms with Crippen LogP contribution in [0.4, 0.5) is 13.2 Å². The van der Waals surface area contributed by atoms with Gasteiger partial charge >= 0.3 is 0 Å². The number of amides is 1. The van der Waals surface area contributed by atoms with E-state index in [0.29, 0.717) is 30.9 Å². The molecule has 4 rings (SSSR count). The molecule has 1 saturated carbocycles. The van der Waals surface area contributed by atoms with Gasteiger partial charge in [0.2, 0.25) is 0 Å². The third kappa shape index (κ3) is 4.49. The maximum Gasteiger partial charge on any atom is 0.260 e. The van der Waals surface area contributed by atoms with Crippen LogP contribution in [0.25, 0.3) is 11.2 Å². The summed E-state index contributed by atoms with van der Waals surface area (Å²) in [6.45, 7) is 4.42. The summed E-state index contributed by atoms with van der Waals surface area (Å²) in [6, 6.07) is 4.98. The Morgan fingerprint density at radius 2 is 1.88 bits per heavy atom. The number of hydrogen-bond donors (Lipinski definition) is 0. The molecule has 0 bridgehead atoms. The van der Waals surface area contributed by atoms with Gasteiger partial charge in [-0.15, -0.1) is 0 Å². The normalized spacial score (nSPS) is 14.6. The zero-order chi connectivity index (χ0) is 22.8. The van der Waals surface area contributed by atoms with Crippen molar-refractivity contribution in [1.29, 1.82) is 0 Å². The van der Waals surface area contributed by atoms with E-state index >= 15 is 0 Å². The van der Waals surface area contributed by atoms with Crippen LogP contribution in [-0.4, -0.2) is 31.9 Å². The summed E-state index contributed by atoms with van der Waals surface area (Å²) >= 11 is 0. The summed E-state index contributed by atoms with van der Waals surface area (Å²) in [4.78, 5) is 23.9. The van der Waals surface area contributed by atoms with Crippen LogP contribution in [0, 0.1) is 23.4 Å². The lowest BCUT2D eigenvalue weighted by Crippen LogP contribution is -2.34. The highest BCUT2D eigenvalue weighted by Crippen LogP contribution is 2.33. The molecular weight excluding hydrogens is 417 g/mol. The molecule has 0 saturated heterocycles. The monoisotopic (exact) mass is 444 g/mol. The van der Waals surface area contributed by atoms with Crippen LogP contribution in [0.2, 0.25) is 0 Å². The first kappa shape index (κ1) is 22.3. The van der Waals surface area contributed by atoms with Crippen LogP contribution in [0.1, 0.15) is 68.2 Å². The topological polar surface area (TPSA) is 51.0 Å². The van der Waals surface area contributed by atoms with Crippen molar-refractivity contribution in [3.05, 3.63) is 59.3 Å². The van der Waals surface area contributed by atoms with E-state index in [1.54, 1.807) is 6.20 Å². The predicted molar refractivity (Wildman–Crippen MR) is 116 cm³/mol. The average Bonchev–Trinajstić information content (AvgIpc) is 3.37. The second-order valence-corrected chi connectivity index (χ2v) is 8.84. The number of carbonyl (C=O) groups excluding carboxylic acids is 1. The Bertz CT molecular complexity index is 1100. The quantitative estimate of drug-likeness (QED) is 0.473. The lowest BCUT2D eigenvalue weighted by molar-refractivity contribution is 0.0718. The largest absolute Gasteiger partial charge is 0.331 e. The molecule has 32 heavy (non-hydrogen) atoms. The Morgan fingerprint density at radius 3 is 2.53 bits per heavy atom. The fraction of sp³-hybridized carbons (Fsp3) is 0.458. The second-order valence-electron chi connectivity index (χ2n) is 8.84. The molecule has 3 aromatic rings. The van der Waals surface area contributed by atoms with E-state index in [2.05, 4.69) is 9.55 Å². The van der Waals surface area contributed by atoms with Gasteiger partial charge in [0.05, 0.1) is 6.54 Å². The Morgan fingerprint density at radius 1 is 1.19 bits per heavy atom. The number of imidazole rings is 1. The Balaban J connectivity index is 1.73. The van der Waals surface area contributed by atoms with E-state index in [1.165, 1.54) is 4.90 Å². The van der Waals surface area contributed by atoms with E-state index in [4.69, 9.17) is 4.98 Å². The first-order valence-corrected chi connectivity index (χ1v) is 11.1. The van der Waals surface area contributed by atoms with Crippen LogP contribution in [-0.2, 0) is 6.54 Å². The van der Waals surface area contributed by atoms with Crippen molar-refractivity contribution < 1.29 is 18.0 Å². The lowest BCUT2D eigenvalue weighted by atomic mass is 10.1. The van der Waals surface area contributed by atoms with Crippen molar-refractivity contribution in [3.63, 3.8) is 0 Å². The fourth-order valence-electron chi connectivity index (χ4n) is 4.38. The number of carbonyl (C=O) groups is 1. The Labute approximate surface area is 185 Å². The number of nitrogens with zero attached hydrogens (tertiary/aromatic N) is 4. The molecule has 5 nitrogen and oxygen atoms in total. The molecule has 1 fully saturated rings. The van der Waals surface area contributed by atoms with Gasteiger partial charge in [0.1, 0.15) is 34.4 Å². The summed E-state index contributed by atoms with van der Waals surface area (Å²) < 4.78 is 44.3. The molecular formula is C24H27F3N4O. The molecule has 0 radical (unpaired) electrons. The zero-order valence-corrected chi connectivity index (χ0v) is 18.3. The minimum Gasteiger partial charge on any atom is -0.331 e. The summed E-state index contributed by atoms with van der Waals surface area (Å²) in [6.07, 6.45) is 6.58. The summed E-state index contributed by atoms with van der Waals surface area (Å²) in [7, 11) is 0. The van der Waals surface area contributed by atoms with Gasteiger partial charge in [-0.2, -0.15) is 0 Å². The van der Waals surface area contributed by atoms with Gasteiger partial charge in [-0.25, -0.2) is 23.1 Å². The van der Waals surface area contributed by atoms with E-state index < -0.39 is 28.9 Å². The molecule has 0 spiro atoms. The molecule has 1 aromatic carbocycles. The fourth-order valence-corrected chi connectivity index (χ4v) is 4.38. The molecule has 0 atom stereocenters. The molecule has 0 aliphatic heterocycles. The summed E-state index contributed by atoms with van der Waals surface area (Å²) in [5, 5.41) is 0. The zero-order valence-electron chi connectivity index (χ0n) is 18.3. The van der Waals surface area contributed by atoms with Gasteiger partial charge in [-0.05, 0) is 37.3 Å². The van der Waals surface area contributed by atoms with Crippen molar-refractivity contribution in [3.8, 4) is 0 Å². The number of benzene rings is 1. The minimum absolute atomic E-state index is 0.0919. The molecule has 1 amide bonds. The van der Waals surface area contributed by atoms with Crippen LogP contribution < -0.4 is 0 Å². The number of halogens is 3. The van der Waals surface area contributed by atoms with Crippen LogP contribution >= 0.6 is 0 Å². The molecule has 0 N–H and O–H groups in total. The van der Waals surface area contributed by atoms with Gasteiger partial charge in [-0.1, -0.05) is 26.7 Å². The maximum absolute atomic E-state index is 14.4. The van der Waals surface area contributed by atoms with Crippen molar-refractivity contribution >= 4 is 17.1 Å². The van der Waals surface area contributed by atoms with Gasteiger partial charge in [-0.3, -0.25) is 4.79 Å². The number of fused-ring (bicyclic) bond motifs is 1. The first-order valence-electron chi connectivity index (χ1n) is 11.1. The molecule has 1 aliphatic rings. The molecule has 8 heteroatoms. The van der Waals surface area contributed by atoms with E-state index in [0.717, 1.165) is 36.8 Å². The third-order valence-corrected chi connectivity index (χ3v) is 6.03. The highest BCUT2D eigenvalue weighted by molar-refractivity contribution is 5.94. The Kier molecular flexibility index (Phi) is 6.48. The SMILES string of the molecule is CC(C)CCN(Cc1nc2cccnc2n1C1CCCC1)C(=O)c1c(F)cc(F)cc1F. The van der Waals surface area contributed by atoms with E-state index in [9.17, 15) is 18.0 Å². The number of rotatable bonds is 7. The second kappa shape index (κ2) is 9.30. The van der Waals surface area contributed by atoms with Gasteiger partial charge in [0.25, 0.3) is 5.91 Å². The minimum atomic E-state index is -1.20. The van der Waals surface area contributed by atoms with Crippen molar-refractivity contribution in [2.45, 2.75) is 58.5 Å².